The Hall–Kier alpha value is -1.31. The van der Waals surface area contributed by atoms with Gasteiger partial charge in [0.1, 0.15) is 0 Å². The number of hydrogen-bond donors (Lipinski definition) is 1. The lowest BCUT2D eigenvalue weighted by atomic mass is 9.94. The van der Waals surface area contributed by atoms with E-state index in [0.29, 0.717) is 11.5 Å². The van der Waals surface area contributed by atoms with Crippen LogP contribution in [-0.2, 0) is 0 Å². The number of benzene rings is 1. The normalized spacial score (nSPS) is 12.3. The quantitative estimate of drug-likeness (QED) is 0.562. The average Bonchev–Trinajstić information content (AvgIpc) is 2.46. The summed E-state index contributed by atoms with van der Waals surface area (Å²) < 4.78 is 0. The molecule has 1 atom stereocenters. The van der Waals surface area contributed by atoms with Gasteiger partial charge in [-0.2, -0.15) is 0 Å². The zero-order chi connectivity index (χ0) is 14.8. The van der Waals surface area contributed by atoms with Crippen LogP contribution >= 0.6 is 0 Å². The summed E-state index contributed by atoms with van der Waals surface area (Å²) in [6.45, 7) is 4.48. The highest BCUT2D eigenvalue weighted by Crippen LogP contribution is 2.22. The molecule has 1 N–H and O–H groups in total. The molecule has 112 valence electrons. The predicted molar refractivity (Wildman–Crippen MR) is 84.4 cm³/mol. The molecule has 0 amide bonds. The standard InChI is InChI=1S/C18H28O2/c1-3-4-5-6-7-8-9-10-15(2)16-11-13-17(14-12-16)18(19)20/h11-15H,3-10H2,1-2H3,(H,19,20)/t15-/m1/s1. The van der Waals surface area contributed by atoms with Gasteiger partial charge < -0.3 is 5.11 Å². The Morgan fingerprint density at radius 3 is 2.10 bits per heavy atom. The van der Waals surface area contributed by atoms with Gasteiger partial charge in [0, 0.05) is 0 Å². The molecule has 0 aromatic heterocycles. The van der Waals surface area contributed by atoms with Crippen molar-refractivity contribution in [2.75, 3.05) is 0 Å². The molecule has 1 rings (SSSR count). The van der Waals surface area contributed by atoms with Crippen molar-refractivity contribution in [3.63, 3.8) is 0 Å². The third-order valence-electron chi connectivity index (χ3n) is 3.97. The second kappa shape index (κ2) is 9.57. The van der Waals surface area contributed by atoms with E-state index in [9.17, 15) is 4.79 Å². The van der Waals surface area contributed by atoms with E-state index in [4.69, 9.17) is 5.11 Å². The van der Waals surface area contributed by atoms with Crippen LogP contribution in [0.5, 0.6) is 0 Å². The van der Waals surface area contributed by atoms with Crippen LogP contribution in [0.25, 0.3) is 0 Å². The summed E-state index contributed by atoms with van der Waals surface area (Å²) in [7, 11) is 0. The number of aromatic carboxylic acids is 1. The molecule has 0 fully saturated rings. The van der Waals surface area contributed by atoms with Gasteiger partial charge in [-0.3, -0.25) is 0 Å². The van der Waals surface area contributed by atoms with Crippen LogP contribution in [0.3, 0.4) is 0 Å². The molecule has 0 aliphatic heterocycles. The highest BCUT2D eigenvalue weighted by Gasteiger charge is 2.07. The van der Waals surface area contributed by atoms with E-state index >= 15 is 0 Å². The molecular weight excluding hydrogens is 248 g/mol. The zero-order valence-electron chi connectivity index (χ0n) is 12.9. The molecule has 2 nitrogen and oxygen atoms in total. The Balaban J connectivity index is 2.22. The van der Waals surface area contributed by atoms with Crippen molar-refractivity contribution in [3.8, 4) is 0 Å². The van der Waals surface area contributed by atoms with Gasteiger partial charge in [0.05, 0.1) is 5.56 Å². The summed E-state index contributed by atoms with van der Waals surface area (Å²) >= 11 is 0. The van der Waals surface area contributed by atoms with E-state index in [2.05, 4.69) is 13.8 Å². The van der Waals surface area contributed by atoms with E-state index in [1.807, 2.05) is 12.1 Å². The minimum absolute atomic E-state index is 0.372. The fourth-order valence-electron chi connectivity index (χ4n) is 2.53. The van der Waals surface area contributed by atoms with Crippen molar-refractivity contribution >= 4 is 5.97 Å². The number of carboxylic acids is 1. The molecule has 0 saturated carbocycles. The lowest BCUT2D eigenvalue weighted by Gasteiger charge is -2.12. The first-order chi connectivity index (χ1) is 9.65. The molecular formula is C18H28O2. The Morgan fingerprint density at radius 2 is 1.55 bits per heavy atom. The van der Waals surface area contributed by atoms with Crippen molar-refractivity contribution in [2.24, 2.45) is 0 Å². The van der Waals surface area contributed by atoms with Crippen LogP contribution in [0.15, 0.2) is 24.3 Å². The predicted octanol–water partition coefficient (Wildman–Crippen LogP) is 5.63. The first-order valence-electron chi connectivity index (χ1n) is 7.98. The molecule has 0 radical (unpaired) electrons. The van der Waals surface area contributed by atoms with E-state index in [1.54, 1.807) is 12.1 Å². The van der Waals surface area contributed by atoms with Gasteiger partial charge in [-0.05, 0) is 30.0 Å². The van der Waals surface area contributed by atoms with Crippen molar-refractivity contribution in [3.05, 3.63) is 35.4 Å². The first-order valence-corrected chi connectivity index (χ1v) is 7.98. The van der Waals surface area contributed by atoms with Crippen LogP contribution in [0.1, 0.15) is 87.1 Å². The summed E-state index contributed by atoms with van der Waals surface area (Å²) in [5, 5.41) is 8.88. The summed E-state index contributed by atoms with van der Waals surface area (Å²) in [5.41, 5.74) is 1.62. The largest absolute Gasteiger partial charge is 0.478 e. The van der Waals surface area contributed by atoms with Crippen molar-refractivity contribution < 1.29 is 9.90 Å². The molecule has 0 aliphatic carbocycles. The second-order valence-electron chi connectivity index (χ2n) is 5.74. The van der Waals surface area contributed by atoms with E-state index in [1.165, 1.54) is 56.9 Å². The number of unbranched alkanes of at least 4 members (excludes halogenated alkanes) is 6. The maximum atomic E-state index is 10.8. The van der Waals surface area contributed by atoms with Gasteiger partial charge in [-0.15, -0.1) is 0 Å². The van der Waals surface area contributed by atoms with Gasteiger partial charge in [0.25, 0.3) is 0 Å². The molecule has 1 aromatic carbocycles. The molecule has 20 heavy (non-hydrogen) atoms. The minimum atomic E-state index is -0.851. The maximum absolute atomic E-state index is 10.8. The fourth-order valence-corrected chi connectivity index (χ4v) is 2.53. The highest BCUT2D eigenvalue weighted by atomic mass is 16.4. The molecule has 0 saturated heterocycles. The summed E-state index contributed by atoms with van der Waals surface area (Å²) in [5.74, 6) is -0.329. The summed E-state index contributed by atoms with van der Waals surface area (Å²) in [6.07, 6.45) is 10.6. The second-order valence-corrected chi connectivity index (χ2v) is 5.74. The van der Waals surface area contributed by atoms with E-state index in [0.717, 1.165) is 0 Å². The third kappa shape index (κ3) is 6.23. The number of carboxylic acid groups (broad SMARTS) is 1. The fraction of sp³-hybridized carbons (Fsp3) is 0.611. The molecule has 1 aromatic rings. The van der Waals surface area contributed by atoms with E-state index < -0.39 is 5.97 Å². The number of rotatable bonds is 10. The topological polar surface area (TPSA) is 37.3 Å². The Kier molecular flexibility index (Phi) is 8.01. The Labute approximate surface area is 123 Å². The molecule has 0 unspecified atom stereocenters. The van der Waals surface area contributed by atoms with Crippen molar-refractivity contribution in [1.82, 2.24) is 0 Å². The smallest absolute Gasteiger partial charge is 0.335 e. The van der Waals surface area contributed by atoms with Gasteiger partial charge in [-0.1, -0.05) is 70.9 Å². The summed E-state index contributed by atoms with van der Waals surface area (Å²) in [6, 6.07) is 7.32. The van der Waals surface area contributed by atoms with Crippen LogP contribution < -0.4 is 0 Å². The van der Waals surface area contributed by atoms with Crippen molar-refractivity contribution in [2.45, 2.75) is 71.1 Å². The van der Waals surface area contributed by atoms with Crippen LogP contribution in [-0.4, -0.2) is 11.1 Å². The van der Waals surface area contributed by atoms with Gasteiger partial charge in [0.15, 0.2) is 0 Å². The molecule has 0 aliphatic rings. The minimum Gasteiger partial charge on any atom is -0.478 e. The molecule has 0 spiro atoms. The maximum Gasteiger partial charge on any atom is 0.335 e. The molecule has 0 heterocycles. The average molecular weight is 276 g/mol. The summed E-state index contributed by atoms with van der Waals surface area (Å²) in [4.78, 5) is 10.8. The SMILES string of the molecule is CCCCCCCCC[C@@H](C)c1ccc(C(=O)O)cc1. The number of hydrogen-bond acceptors (Lipinski definition) is 1. The first kappa shape index (κ1) is 16.7. The van der Waals surface area contributed by atoms with E-state index in [-0.39, 0.29) is 0 Å². The van der Waals surface area contributed by atoms with Crippen LogP contribution in [0, 0.1) is 0 Å². The Bertz CT molecular complexity index is 381. The van der Waals surface area contributed by atoms with Crippen LogP contribution in [0.2, 0.25) is 0 Å². The zero-order valence-corrected chi connectivity index (χ0v) is 12.9. The lowest BCUT2D eigenvalue weighted by Crippen LogP contribution is -1.98. The Morgan fingerprint density at radius 1 is 1.00 bits per heavy atom. The van der Waals surface area contributed by atoms with Crippen molar-refractivity contribution in [1.29, 1.82) is 0 Å². The number of carbonyl (C=O) groups is 1. The highest BCUT2D eigenvalue weighted by molar-refractivity contribution is 5.87. The third-order valence-corrected chi connectivity index (χ3v) is 3.97. The van der Waals surface area contributed by atoms with Crippen LogP contribution in [0.4, 0.5) is 0 Å². The molecule has 2 heteroatoms. The lowest BCUT2D eigenvalue weighted by molar-refractivity contribution is 0.0697. The monoisotopic (exact) mass is 276 g/mol. The van der Waals surface area contributed by atoms with Gasteiger partial charge in [0.2, 0.25) is 0 Å². The van der Waals surface area contributed by atoms with Gasteiger partial charge >= 0.3 is 5.97 Å². The molecule has 0 bridgehead atoms. The van der Waals surface area contributed by atoms with Gasteiger partial charge in [-0.25, -0.2) is 4.79 Å².